The summed E-state index contributed by atoms with van der Waals surface area (Å²) in [5.41, 5.74) is 3.01. The highest BCUT2D eigenvalue weighted by atomic mass is 32.2. The van der Waals surface area contributed by atoms with Gasteiger partial charge in [-0.25, -0.2) is 4.39 Å². The standard InChI is InChI=1S/C34H28FN3O5S2/c1-16-6-10-18(11-7-16)36-24(39)15-43-23-5-3-2-4-20(23)25-26-21-14-22(29(26)44-31-30(25)45-34(42)37-31)28-27(21)32(40)38(33(28)41)19-12-8-17(35)9-13-19/h2-13,21-22,25-29H,14-15H2,1H3,(H,36,39)(H,37,42)/t21-,22-,25-,26?,27?,28?,29?/m1/s1. The molecule has 11 heteroatoms. The number of aryl methyl sites for hydroxylation is 1. The summed E-state index contributed by atoms with van der Waals surface area (Å²) in [6.07, 6.45) is 0.740. The SMILES string of the molecule is Cc1ccc(NC(=O)COc2ccccc2[C@H]2c3sc(=O)[nH]c3SC3C2[C@H]2C[C@@H]3C3C(=O)N(c4ccc(F)cc4)C(=O)C32)cc1. The van der Waals surface area contributed by atoms with Crippen LogP contribution in [0.1, 0.15) is 28.3 Å². The molecular formula is C34H28FN3O5S2. The van der Waals surface area contributed by atoms with E-state index >= 15 is 0 Å². The summed E-state index contributed by atoms with van der Waals surface area (Å²) in [6, 6.07) is 20.6. The molecule has 0 radical (unpaired) electrons. The number of anilines is 2. The number of imide groups is 1. The van der Waals surface area contributed by atoms with Gasteiger partial charge < -0.3 is 15.0 Å². The minimum atomic E-state index is -0.484. The van der Waals surface area contributed by atoms with Gasteiger partial charge >= 0.3 is 4.87 Å². The summed E-state index contributed by atoms with van der Waals surface area (Å²) in [6.45, 7) is 1.78. The number of hydrogen-bond donors (Lipinski definition) is 2. The van der Waals surface area contributed by atoms with Gasteiger partial charge in [-0.3, -0.25) is 24.1 Å². The Kier molecular flexibility index (Phi) is 6.72. The second-order valence-corrected chi connectivity index (χ2v) is 14.4. The molecule has 4 aliphatic rings. The summed E-state index contributed by atoms with van der Waals surface area (Å²) >= 11 is 2.77. The Morgan fingerprint density at radius 1 is 0.978 bits per heavy atom. The van der Waals surface area contributed by atoms with Gasteiger partial charge in [-0.15, -0.1) is 11.8 Å². The number of thioether (sulfide) groups is 1. The van der Waals surface area contributed by atoms with Crippen LogP contribution in [0.3, 0.4) is 0 Å². The fourth-order valence-electron chi connectivity index (χ4n) is 8.06. The number of carbonyl (C=O) groups is 3. The molecule has 3 aromatic carbocycles. The van der Waals surface area contributed by atoms with Gasteiger partial charge in [0.1, 0.15) is 11.6 Å². The smallest absolute Gasteiger partial charge is 0.305 e. The Morgan fingerprint density at radius 2 is 1.69 bits per heavy atom. The topological polar surface area (TPSA) is 109 Å². The molecule has 2 aliphatic heterocycles. The molecule has 3 amide bonds. The van der Waals surface area contributed by atoms with Crippen molar-refractivity contribution in [2.45, 2.75) is 29.5 Å². The first kappa shape index (κ1) is 28.3. The van der Waals surface area contributed by atoms with Crippen LogP contribution < -0.4 is 19.8 Å². The number of hydrogen-bond acceptors (Lipinski definition) is 7. The van der Waals surface area contributed by atoms with Crippen LogP contribution in [-0.2, 0) is 14.4 Å². The van der Waals surface area contributed by atoms with Crippen molar-refractivity contribution in [2.24, 2.45) is 29.6 Å². The van der Waals surface area contributed by atoms with Crippen molar-refractivity contribution in [2.75, 3.05) is 16.8 Å². The fraction of sp³-hybridized carbons (Fsp3) is 0.294. The number of fused-ring (bicyclic) bond motifs is 9. The number of amides is 3. The number of rotatable bonds is 6. The second-order valence-electron chi connectivity index (χ2n) is 12.2. The van der Waals surface area contributed by atoms with E-state index in [9.17, 15) is 23.6 Å². The highest BCUT2D eigenvalue weighted by molar-refractivity contribution is 8.00. The van der Waals surface area contributed by atoms with Gasteiger partial charge in [-0.1, -0.05) is 47.2 Å². The number of nitrogens with one attached hydrogen (secondary N) is 2. The van der Waals surface area contributed by atoms with E-state index in [0.29, 0.717) is 17.1 Å². The molecule has 3 fully saturated rings. The van der Waals surface area contributed by atoms with Crippen molar-refractivity contribution in [1.82, 2.24) is 4.98 Å². The van der Waals surface area contributed by atoms with Crippen LogP contribution in [-0.4, -0.2) is 34.6 Å². The van der Waals surface area contributed by atoms with Crippen LogP contribution in [0.15, 0.2) is 82.6 Å². The molecule has 2 bridgehead atoms. The van der Waals surface area contributed by atoms with E-state index < -0.39 is 17.7 Å². The number of thiazole rings is 1. The third-order valence-electron chi connectivity index (χ3n) is 9.76. The predicted molar refractivity (Wildman–Crippen MR) is 169 cm³/mol. The Hall–Kier alpha value is -4.22. The molecule has 8 nitrogen and oxygen atoms in total. The lowest BCUT2D eigenvalue weighted by Gasteiger charge is -2.43. The van der Waals surface area contributed by atoms with Gasteiger partial charge in [-0.05, 0) is 73.6 Å². The minimum Gasteiger partial charge on any atom is -0.483 e. The maximum Gasteiger partial charge on any atom is 0.305 e. The molecule has 8 rings (SSSR count). The Bertz CT molecular complexity index is 1910. The summed E-state index contributed by atoms with van der Waals surface area (Å²) < 4.78 is 19.8. The third kappa shape index (κ3) is 4.54. The van der Waals surface area contributed by atoms with Crippen molar-refractivity contribution in [3.8, 4) is 5.75 Å². The highest BCUT2D eigenvalue weighted by Gasteiger charge is 2.69. The zero-order valence-corrected chi connectivity index (χ0v) is 25.7. The maximum absolute atomic E-state index is 13.9. The average molecular weight is 642 g/mol. The lowest BCUT2D eigenvalue weighted by Crippen LogP contribution is -2.42. The van der Waals surface area contributed by atoms with E-state index in [1.807, 2.05) is 55.5 Å². The van der Waals surface area contributed by atoms with E-state index in [4.69, 9.17) is 4.74 Å². The zero-order chi connectivity index (χ0) is 31.0. The largest absolute Gasteiger partial charge is 0.483 e. The number of benzene rings is 3. The first-order valence-electron chi connectivity index (χ1n) is 14.9. The average Bonchev–Trinajstić information content (AvgIpc) is 3.77. The fourth-order valence-corrected chi connectivity index (χ4v) is 10.9. The van der Waals surface area contributed by atoms with Crippen molar-refractivity contribution in [3.05, 3.63) is 104 Å². The maximum atomic E-state index is 13.9. The highest BCUT2D eigenvalue weighted by Crippen LogP contribution is 2.69. The quantitative estimate of drug-likeness (QED) is 0.266. The van der Waals surface area contributed by atoms with Gasteiger partial charge in [-0.2, -0.15) is 0 Å². The van der Waals surface area contributed by atoms with Crippen LogP contribution in [0.4, 0.5) is 15.8 Å². The predicted octanol–water partition coefficient (Wildman–Crippen LogP) is 5.58. The molecule has 7 atom stereocenters. The normalized spacial score (nSPS) is 27.7. The molecule has 2 N–H and O–H groups in total. The van der Waals surface area contributed by atoms with Gasteiger partial charge in [0.05, 0.1) is 22.5 Å². The van der Waals surface area contributed by atoms with Crippen LogP contribution in [0.2, 0.25) is 0 Å². The molecule has 4 aromatic rings. The summed E-state index contributed by atoms with van der Waals surface area (Å²) in [5.74, 6) is -2.02. The Balaban J connectivity index is 1.12. The molecule has 1 saturated heterocycles. The minimum absolute atomic E-state index is 0.00168. The van der Waals surface area contributed by atoms with E-state index in [0.717, 1.165) is 27.5 Å². The molecule has 3 heterocycles. The zero-order valence-electron chi connectivity index (χ0n) is 24.1. The number of halogens is 1. The number of carbonyl (C=O) groups excluding carboxylic acids is 3. The van der Waals surface area contributed by atoms with Crippen molar-refractivity contribution < 1.29 is 23.5 Å². The first-order valence-corrected chi connectivity index (χ1v) is 16.6. The van der Waals surface area contributed by atoms with Gasteiger partial charge in [0.25, 0.3) is 5.91 Å². The van der Waals surface area contributed by atoms with Crippen molar-refractivity contribution >= 4 is 52.2 Å². The number of aromatic nitrogens is 1. The van der Waals surface area contributed by atoms with Gasteiger partial charge in [0.2, 0.25) is 11.8 Å². The van der Waals surface area contributed by atoms with Crippen molar-refractivity contribution in [1.29, 1.82) is 0 Å². The molecule has 2 aliphatic carbocycles. The lowest BCUT2D eigenvalue weighted by atomic mass is 9.68. The van der Waals surface area contributed by atoms with E-state index in [2.05, 4.69) is 10.3 Å². The first-order chi connectivity index (χ1) is 21.8. The van der Waals surface area contributed by atoms with Crippen LogP contribution in [0.25, 0.3) is 0 Å². The molecular weight excluding hydrogens is 614 g/mol. The van der Waals surface area contributed by atoms with E-state index in [-0.39, 0.29) is 58.1 Å². The number of para-hydroxylation sites is 1. The number of ether oxygens (including phenoxy) is 1. The molecule has 45 heavy (non-hydrogen) atoms. The molecule has 1 aromatic heterocycles. The Morgan fingerprint density at radius 3 is 2.44 bits per heavy atom. The van der Waals surface area contributed by atoms with Gasteiger partial charge in [0.15, 0.2) is 6.61 Å². The molecule has 0 spiro atoms. The number of H-pyrrole nitrogens is 1. The summed E-state index contributed by atoms with van der Waals surface area (Å²) in [5, 5.41) is 3.66. The van der Waals surface area contributed by atoms with Crippen LogP contribution >= 0.6 is 23.1 Å². The summed E-state index contributed by atoms with van der Waals surface area (Å²) in [7, 11) is 0. The van der Waals surface area contributed by atoms with Crippen LogP contribution in [0.5, 0.6) is 5.75 Å². The monoisotopic (exact) mass is 641 g/mol. The molecule has 228 valence electrons. The van der Waals surface area contributed by atoms with E-state index in [1.54, 1.807) is 11.8 Å². The lowest BCUT2D eigenvalue weighted by molar-refractivity contribution is -0.123. The van der Waals surface area contributed by atoms with E-state index in [1.165, 1.54) is 40.5 Å². The second kappa shape index (κ2) is 10.7. The van der Waals surface area contributed by atoms with Crippen molar-refractivity contribution in [3.63, 3.8) is 0 Å². The third-order valence-corrected chi connectivity index (χ3v) is 12.3. The number of nitrogens with zero attached hydrogens (tertiary/aromatic N) is 1. The molecule has 4 unspecified atom stereocenters. The number of aromatic amines is 1. The van der Waals surface area contributed by atoms with Gasteiger partial charge in [0, 0.05) is 27.3 Å². The van der Waals surface area contributed by atoms with Crippen LogP contribution in [0, 0.1) is 42.3 Å². The molecule has 2 saturated carbocycles. The summed E-state index contributed by atoms with van der Waals surface area (Å²) in [4.78, 5) is 58.2. The Labute approximate surface area is 266 Å².